The summed E-state index contributed by atoms with van der Waals surface area (Å²) in [5.41, 5.74) is 5.06. The first-order chi connectivity index (χ1) is 12.3. The molecule has 136 valence electrons. The van der Waals surface area contributed by atoms with E-state index in [9.17, 15) is 9.59 Å². The van der Waals surface area contributed by atoms with Crippen molar-refractivity contribution in [2.75, 3.05) is 16.8 Å². The summed E-state index contributed by atoms with van der Waals surface area (Å²) in [6, 6.07) is 13.9. The molecular weight excluding hydrogens is 324 g/mol. The first-order valence-electron chi connectivity index (χ1n) is 9.13. The highest BCUT2D eigenvalue weighted by molar-refractivity contribution is 6.03. The highest BCUT2D eigenvalue weighted by Crippen LogP contribution is 2.29. The molecule has 1 fully saturated rings. The number of para-hydroxylation sites is 1. The summed E-state index contributed by atoms with van der Waals surface area (Å²) in [5.74, 6) is -0.0855. The summed E-state index contributed by atoms with van der Waals surface area (Å²) in [5, 5.41) is 3.03. The van der Waals surface area contributed by atoms with Crippen LogP contribution in [0.5, 0.6) is 0 Å². The van der Waals surface area contributed by atoms with E-state index >= 15 is 0 Å². The molecule has 2 aromatic rings. The average Bonchev–Trinajstić information content (AvgIpc) is 2.96. The van der Waals surface area contributed by atoms with Crippen LogP contribution in [0.2, 0.25) is 0 Å². The molecule has 0 saturated carbocycles. The molecule has 0 bridgehead atoms. The van der Waals surface area contributed by atoms with Gasteiger partial charge in [-0.3, -0.25) is 9.59 Å². The molecule has 26 heavy (non-hydrogen) atoms. The van der Waals surface area contributed by atoms with Crippen molar-refractivity contribution in [3.8, 4) is 0 Å². The van der Waals surface area contributed by atoms with Crippen LogP contribution in [0.25, 0.3) is 0 Å². The van der Waals surface area contributed by atoms with Gasteiger partial charge >= 0.3 is 0 Å². The monoisotopic (exact) mass is 350 g/mol. The summed E-state index contributed by atoms with van der Waals surface area (Å²) in [7, 11) is 0. The Morgan fingerprint density at radius 2 is 1.77 bits per heavy atom. The van der Waals surface area contributed by atoms with Crippen LogP contribution in [-0.4, -0.2) is 18.4 Å². The number of rotatable bonds is 4. The molecule has 1 atom stereocenters. The predicted octanol–water partition coefficient (Wildman–Crippen LogP) is 4.42. The molecule has 0 aliphatic carbocycles. The van der Waals surface area contributed by atoms with Crippen LogP contribution in [-0.2, 0) is 9.59 Å². The summed E-state index contributed by atoms with van der Waals surface area (Å²) < 4.78 is 0. The van der Waals surface area contributed by atoms with Crippen LogP contribution in [0.3, 0.4) is 0 Å². The lowest BCUT2D eigenvalue weighted by Gasteiger charge is -2.19. The molecule has 1 aliphatic rings. The lowest BCUT2D eigenvalue weighted by molar-refractivity contribution is -0.122. The van der Waals surface area contributed by atoms with Crippen LogP contribution < -0.4 is 10.2 Å². The fraction of sp³-hybridized carbons (Fsp3) is 0.364. The molecule has 0 radical (unpaired) electrons. The number of amides is 2. The fourth-order valence-corrected chi connectivity index (χ4v) is 3.59. The minimum atomic E-state index is -0.330. The molecule has 3 rings (SSSR count). The van der Waals surface area contributed by atoms with E-state index in [-0.39, 0.29) is 24.2 Å². The summed E-state index contributed by atoms with van der Waals surface area (Å²) in [6.45, 7) is 8.67. The number of carbonyl (C=O) groups excluding carboxylic acids is 2. The van der Waals surface area contributed by atoms with Crippen LogP contribution >= 0.6 is 0 Å². The van der Waals surface area contributed by atoms with Crippen LogP contribution in [0.15, 0.2) is 42.5 Å². The Bertz CT molecular complexity index is 822. The minimum Gasteiger partial charge on any atom is -0.326 e. The van der Waals surface area contributed by atoms with Gasteiger partial charge in [0.1, 0.15) is 0 Å². The average molecular weight is 350 g/mol. The molecular formula is C22H26N2O2. The Balaban J connectivity index is 1.75. The zero-order valence-corrected chi connectivity index (χ0v) is 15.9. The van der Waals surface area contributed by atoms with Crippen molar-refractivity contribution >= 4 is 23.2 Å². The van der Waals surface area contributed by atoms with E-state index in [4.69, 9.17) is 0 Å². The molecule has 1 heterocycles. The van der Waals surface area contributed by atoms with Gasteiger partial charge in [-0.1, -0.05) is 38.1 Å². The molecule has 1 saturated heterocycles. The first kappa shape index (κ1) is 18.2. The quantitative estimate of drug-likeness (QED) is 0.887. The van der Waals surface area contributed by atoms with Gasteiger partial charge in [-0.25, -0.2) is 0 Å². The lowest BCUT2D eigenvalue weighted by atomic mass is 10.0. The van der Waals surface area contributed by atoms with Gasteiger partial charge in [-0.2, -0.15) is 0 Å². The van der Waals surface area contributed by atoms with Crippen molar-refractivity contribution in [3.05, 3.63) is 59.2 Å². The second-order valence-electron chi connectivity index (χ2n) is 7.48. The third-order valence-electron chi connectivity index (χ3n) is 4.85. The Labute approximate surface area is 155 Å². The number of hydrogen-bond donors (Lipinski definition) is 1. The second-order valence-corrected chi connectivity index (χ2v) is 7.48. The highest BCUT2D eigenvalue weighted by Gasteiger charge is 2.35. The number of carbonyl (C=O) groups is 2. The first-order valence-corrected chi connectivity index (χ1v) is 9.13. The van der Waals surface area contributed by atoms with Crippen molar-refractivity contribution < 1.29 is 9.59 Å². The van der Waals surface area contributed by atoms with Crippen LogP contribution in [0.4, 0.5) is 11.4 Å². The normalized spacial score (nSPS) is 17.0. The van der Waals surface area contributed by atoms with E-state index in [2.05, 4.69) is 25.2 Å². The van der Waals surface area contributed by atoms with Crippen molar-refractivity contribution in [3.63, 3.8) is 0 Å². The maximum atomic E-state index is 12.8. The number of nitrogens with one attached hydrogen (secondary N) is 1. The topological polar surface area (TPSA) is 49.4 Å². The second kappa shape index (κ2) is 7.32. The highest BCUT2D eigenvalue weighted by atomic mass is 16.2. The number of aryl methyl sites for hydroxylation is 2. The third kappa shape index (κ3) is 3.79. The molecule has 1 unspecified atom stereocenters. The third-order valence-corrected chi connectivity index (χ3v) is 4.85. The molecule has 0 spiro atoms. The zero-order valence-electron chi connectivity index (χ0n) is 15.9. The maximum Gasteiger partial charge on any atom is 0.229 e. The number of anilines is 2. The summed E-state index contributed by atoms with van der Waals surface area (Å²) in [4.78, 5) is 27.0. The van der Waals surface area contributed by atoms with Crippen LogP contribution in [0.1, 0.15) is 42.9 Å². The van der Waals surface area contributed by atoms with E-state index in [0.717, 1.165) is 28.1 Å². The van der Waals surface area contributed by atoms with Crippen molar-refractivity contribution in [1.29, 1.82) is 0 Å². The fourth-order valence-electron chi connectivity index (χ4n) is 3.59. The van der Waals surface area contributed by atoms with Crippen molar-refractivity contribution in [1.82, 2.24) is 0 Å². The molecule has 0 aromatic heterocycles. The van der Waals surface area contributed by atoms with Gasteiger partial charge in [0.25, 0.3) is 0 Å². The van der Waals surface area contributed by atoms with Crippen molar-refractivity contribution in [2.45, 2.75) is 40.0 Å². The smallest absolute Gasteiger partial charge is 0.229 e. The van der Waals surface area contributed by atoms with E-state index in [1.807, 2.05) is 50.2 Å². The molecule has 4 heteroatoms. The maximum absolute atomic E-state index is 12.8. The molecule has 4 nitrogen and oxygen atoms in total. The Morgan fingerprint density at radius 3 is 2.42 bits per heavy atom. The number of benzene rings is 2. The number of nitrogens with zero attached hydrogens (tertiary/aromatic N) is 1. The van der Waals surface area contributed by atoms with E-state index in [1.54, 1.807) is 4.90 Å². The zero-order chi connectivity index (χ0) is 18.8. The van der Waals surface area contributed by atoms with Gasteiger partial charge in [-0.15, -0.1) is 0 Å². The largest absolute Gasteiger partial charge is 0.326 e. The van der Waals surface area contributed by atoms with E-state index < -0.39 is 0 Å². The Morgan fingerprint density at radius 1 is 1.12 bits per heavy atom. The van der Waals surface area contributed by atoms with Crippen molar-refractivity contribution in [2.24, 2.45) is 5.92 Å². The van der Waals surface area contributed by atoms with Gasteiger partial charge in [0, 0.05) is 24.3 Å². The Kier molecular flexibility index (Phi) is 5.12. The van der Waals surface area contributed by atoms with Gasteiger partial charge in [0.05, 0.1) is 5.92 Å². The SMILES string of the molecule is Cc1cc(C)cc(N2CC(C(=O)Nc3ccccc3C(C)C)CC2=O)c1. The van der Waals surface area contributed by atoms with E-state index in [0.29, 0.717) is 12.5 Å². The van der Waals surface area contributed by atoms with Crippen LogP contribution in [0, 0.1) is 19.8 Å². The number of hydrogen-bond acceptors (Lipinski definition) is 2. The van der Waals surface area contributed by atoms with E-state index in [1.165, 1.54) is 0 Å². The molecule has 1 aliphatic heterocycles. The summed E-state index contributed by atoms with van der Waals surface area (Å²) in [6.07, 6.45) is 0.253. The lowest BCUT2D eigenvalue weighted by Crippen LogP contribution is -2.28. The molecule has 2 aromatic carbocycles. The van der Waals surface area contributed by atoms with Gasteiger partial charge < -0.3 is 10.2 Å². The molecule has 2 amide bonds. The Hall–Kier alpha value is -2.62. The summed E-state index contributed by atoms with van der Waals surface area (Å²) >= 11 is 0. The minimum absolute atomic E-state index is 0.00675. The van der Waals surface area contributed by atoms with Gasteiger partial charge in [0.2, 0.25) is 11.8 Å². The van der Waals surface area contributed by atoms with Gasteiger partial charge in [0.15, 0.2) is 0 Å². The molecule has 1 N–H and O–H groups in total. The standard InChI is InChI=1S/C22H26N2O2/c1-14(2)19-7-5-6-8-20(19)23-22(26)17-12-21(25)24(13-17)18-10-15(3)9-16(4)11-18/h5-11,14,17H,12-13H2,1-4H3,(H,23,26). The van der Waals surface area contributed by atoms with Gasteiger partial charge in [-0.05, 0) is 54.7 Å². The predicted molar refractivity (Wildman–Crippen MR) is 106 cm³/mol.